The van der Waals surface area contributed by atoms with Crippen LogP contribution in [0.4, 0.5) is 0 Å². The largest absolute Gasteiger partial charge is 0.466 e. The Morgan fingerprint density at radius 1 is 0.420 bits per heavy atom. The summed E-state index contributed by atoms with van der Waals surface area (Å²) in [5.74, 6) is -0.190. The zero-order valence-corrected chi connectivity index (χ0v) is 57.2. The standard InChI is InChI=1S/C77H141NO10/c1-3-5-7-9-11-13-15-16-40-44-47-51-55-59-63-70(80)69(68-87-77-76(85)75(84)74(83)71(67-79)88-77)78-72(81)64-60-56-52-48-45-41-38-36-34-32-30-28-26-24-22-20-18-17-19-21-23-25-27-29-31-33-35-37-39-42-46-50-54-58-62-66-86-73(82)65-61-57-53-49-43-14-12-10-8-6-4-2/h10,12,19,21,25,27,44,47,59,63,69-71,74-77,79-80,83-85H,3-9,11,13-18,20,22-24,26,28-43,45-46,48-58,60-62,64-68H2,1-2H3,(H,78,81)/b12-10-,21-19-,27-25-,47-44+,63-59+. The third kappa shape index (κ3) is 54.0. The lowest BCUT2D eigenvalue weighted by Gasteiger charge is -2.40. The predicted octanol–water partition coefficient (Wildman–Crippen LogP) is 19.7. The van der Waals surface area contributed by atoms with Gasteiger partial charge >= 0.3 is 5.97 Å². The Balaban J connectivity index is 1.96. The maximum atomic E-state index is 13.1. The Bertz CT molecular complexity index is 1650. The van der Waals surface area contributed by atoms with Gasteiger partial charge in [-0.2, -0.15) is 0 Å². The van der Waals surface area contributed by atoms with Gasteiger partial charge in [-0.15, -0.1) is 0 Å². The van der Waals surface area contributed by atoms with Crippen LogP contribution in [0.15, 0.2) is 60.8 Å². The van der Waals surface area contributed by atoms with Gasteiger partial charge in [-0.3, -0.25) is 9.59 Å². The molecule has 0 aliphatic carbocycles. The molecule has 1 fully saturated rings. The van der Waals surface area contributed by atoms with Crippen molar-refractivity contribution < 1.29 is 49.3 Å². The first kappa shape index (κ1) is 83.4. The molecule has 514 valence electrons. The molecule has 1 aliphatic rings. The molecule has 0 spiro atoms. The normalized spacial score (nSPS) is 18.1. The van der Waals surface area contributed by atoms with Crippen molar-refractivity contribution >= 4 is 11.9 Å². The van der Waals surface area contributed by atoms with E-state index in [4.69, 9.17) is 14.2 Å². The van der Waals surface area contributed by atoms with Crippen molar-refractivity contribution in [2.75, 3.05) is 19.8 Å². The van der Waals surface area contributed by atoms with E-state index < -0.39 is 49.5 Å². The molecule has 0 radical (unpaired) electrons. The molecule has 1 amide bonds. The molecule has 88 heavy (non-hydrogen) atoms. The first-order valence-electron chi connectivity index (χ1n) is 37.6. The number of hydrogen-bond acceptors (Lipinski definition) is 10. The highest BCUT2D eigenvalue weighted by atomic mass is 16.7. The second-order valence-corrected chi connectivity index (χ2v) is 26.0. The van der Waals surface area contributed by atoms with Crippen molar-refractivity contribution in [3.63, 3.8) is 0 Å². The van der Waals surface area contributed by atoms with Gasteiger partial charge < -0.3 is 45.1 Å². The van der Waals surface area contributed by atoms with E-state index >= 15 is 0 Å². The Morgan fingerprint density at radius 2 is 0.784 bits per heavy atom. The second kappa shape index (κ2) is 65.8. The van der Waals surface area contributed by atoms with Crippen molar-refractivity contribution in [3.8, 4) is 0 Å². The van der Waals surface area contributed by atoms with Crippen molar-refractivity contribution in [1.82, 2.24) is 5.32 Å². The molecular weight excluding hydrogens is 1100 g/mol. The SMILES string of the molecule is CCCC/C=C\CCCCCCCC(=O)OCCCCCCCCCCCCC/C=C\C/C=C\CCCCCCCCCCCCCCCCCCCC(=O)NC(COC1OC(CO)C(O)C(O)C1O)C(O)/C=C/CC/C=C/CCCCCCCCCC. The summed E-state index contributed by atoms with van der Waals surface area (Å²) < 4.78 is 16.7. The molecular formula is C77H141NO10. The minimum Gasteiger partial charge on any atom is -0.466 e. The molecule has 11 nitrogen and oxygen atoms in total. The van der Waals surface area contributed by atoms with Gasteiger partial charge in [0, 0.05) is 12.8 Å². The molecule has 7 unspecified atom stereocenters. The van der Waals surface area contributed by atoms with E-state index in [0.29, 0.717) is 19.4 Å². The van der Waals surface area contributed by atoms with E-state index in [1.807, 2.05) is 6.08 Å². The van der Waals surface area contributed by atoms with Crippen LogP contribution in [0.3, 0.4) is 0 Å². The number of unbranched alkanes of at least 4 members (excludes halogenated alkanes) is 44. The fraction of sp³-hybridized carbons (Fsp3) is 0.844. The van der Waals surface area contributed by atoms with Gasteiger partial charge in [0.1, 0.15) is 24.4 Å². The maximum absolute atomic E-state index is 13.1. The molecule has 6 N–H and O–H groups in total. The van der Waals surface area contributed by atoms with Crippen LogP contribution in [0, 0.1) is 0 Å². The number of rotatable bonds is 66. The maximum Gasteiger partial charge on any atom is 0.305 e. The Kier molecular flexibility index (Phi) is 62.4. The molecule has 1 aliphatic heterocycles. The zero-order chi connectivity index (χ0) is 63.7. The van der Waals surface area contributed by atoms with E-state index in [0.717, 1.165) is 64.2 Å². The highest BCUT2D eigenvalue weighted by Gasteiger charge is 2.44. The van der Waals surface area contributed by atoms with Crippen LogP contribution in [-0.4, -0.2) is 100 Å². The van der Waals surface area contributed by atoms with Crippen molar-refractivity contribution in [1.29, 1.82) is 0 Å². The molecule has 11 heteroatoms. The summed E-state index contributed by atoms with van der Waals surface area (Å²) in [6.07, 6.45) is 78.0. The summed E-state index contributed by atoms with van der Waals surface area (Å²) in [4.78, 5) is 25.1. The van der Waals surface area contributed by atoms with Gasteiger partial charge in [0.25, 0.3) is 0 Å². The number of aliphatic hydroxyl groups excluding tert-OH is 5. The van der Waals surface area contributed by atoms with E-state index in [1.54, 1.807) is 6.08 Å². The topological polar surface area (TPSA) is 175 Å². The van der Waals surface area contributed by atoms with Crippen LogP contribution >= 0.6 is 0 Å². The average Bonchev–Trinajstić information content (AvgIpc) is 3.73. The van der Waals surface area contributed by atoms with Gasteiger partial charge in [-0.05, 0) is 96.3 Å². The summed E-state index contributed by atoms with van der Waals surface area (Å²) in [6.45, 7) is 4.32. The van der Waals surface area contributed by atoms with Gasteiger partial charge in [0.05, 0.1) is 32.0 Å². The van der Waals surface area contributed by atoms with Crippen LogP contribution in [0.5, 0.6) is 0 Å². The Morgan fingerprint density at radius 3 is 1.23 bits per heavy atom. The molecule has 0 aromatic heterocycles. The lowest BCUT2D eigenvalue weighted by atomic mass is 9.99. The molecule has 1 heterocycles. The van der Waals surface area contributed by atoms with Gasteiger partial charge in [0.15, 0.2) is 6.29 Å². The number of nitrogens with one attached hydrogen (secondary N) is 1. The molecule has 7 atom stereocenters. The molecule has 1 rings (SSSR count). The van der Waals surface area contributed by atoms with E-state index in [-0.39, 0.29) is 18.5 Å². The summed E-state index contributed by atoms with van der Waals surface area (Å²) >= 11 is 0. The summed E-state index contributed by atoms with van der Waals surface area (Å²) in [5.41, 5.74) is 0. The van der Waals surface area contributed by atoms with E-state index in [1.165, 1.54) is 263 Å². The van der Waals surface area contributed by atoms with Crippen LogP contribution in [0.2, 0.25) is 0 Å². The first-order valence-corrected chi connectivity index (χ1v) is 37.6. The Labute approximate surface area is 541 Å². The molecule has 0 aromatic carbocycles. The van der Waals surface area contributed by atoms with Crippen LogP contribution in [0.1, 0.15) is 354 Å². The first-order chi connectivity index (χ1) is 43.2. The van der Waals surface area contributed by atoms with Crippen LogP contribution < -0.4 is 5.32 Å². The number of carbonyl (C=O) groups is 2. The lowest BCUT2D eigenvalue weighted by Crippen LogP contribution is -2.60. The lowest BCUT2D eigenvalue weighted by molar-refractivity contribution is -0.302. The average molecular weight is 1240 g/mol. The molecule has 0 aromatic rings. The highest BCUT2D eigenvalue weighted by Crippen LogP contribution is 2.23. The number of amides is 1. The fourth-order valence-corrected chi connectivity index (χ4v) is 11.6. The zero-order valence-electron chi connectivity index (χ0n) is 57.2. The number of allylic oxidation sites excluding steroid dienone is 9. The third-order valence-corrected chi connectivity index (χ3v) is 17.6. The minimum atomic E-state index is -1.58. The highest BCUT2D eigenvalue weighted by molar-refractivity contribution is 5.76. The van der Waals surface area contributed by atoms with Crippen LogP contribution in [-0.2, 0) is 23.8 Å². The smallest absolute Gasteiger partial charge is 0.305 e. The summed E-state index contributed by atoms with van der Waals surface area (Å²) in [6, 6.07) is -0.827. The summed E-state index contributed by atoms with van der Waals surface area (Å²) in [5, 5.41) is 54.5. The number of aliphatic hydroxyl groups is 5. The van der Waals surface area contributed by atoms with Gasteiger partial charge in [-0.1, -0.05) is 306 Å². The quantitative estimate of drug-likeness (QED) is 0.0195. The van der Waals surface area contributed by atoms with E-state index in [2.05, 4.69) is 67.8 Å². The predicted molar refractivity (Wildman–Crippen MR) is 370 cm³/mol. The van der Waals surface area contributed by atoms with Gasteiger partial charge in [-0.25, -0.2) is 0 Å². The number of esters is 1. The summed E-state index contributed by atoms with van der Waals surface area (Å²) in [7, 11) is 0. The van der Waals surface area contributed by atoms with Crippen LogP contribution in [0.25, 0.3) is 0 Å². The molecule has 1 saturated heterocycles. The molecule has 0 saturated carbocycles. The second-order valence-electron chi connectivity index (χ2n) is 26.0. The number of carbonyl (C=O) groups excluding carboxylic acids is 2. The number of hydrogen-bond donors (Lipinski definition) is 6. The third-order valence-electron chi connectivity index (χ3n) is 17.6. The van der Waals surface area contributed by atoms with Gasteiger partial charge in [0.2, 0.25) is 5.91 Å². The fourth-order valence-electron chi connectivity index (χ4n) is 11.6. The Hall–Kier alpha value is -2.64. The van der Waals surface area contributed by atoms with Crippen molar-refractivity contribution in [3.05, 3.63) is 60.8 Å². The van der Waals surface area contributed by atoms with Crippen molar-refractivity contribution in [2.24, 2.45) is 0 Å². The number of ether oxygens (including phenoxy) is 3. The minimum absolute atomic E-state index is 0.00136. The monoisotopic (exact) mass is 1240 g/mol. The molecule has 0 bridgehead atoms. The van der Waals surface area contributed by atoms with E-state index in [9.17, 15) is 35.1 Å². The van der Waals surface area contributed by atoms with Crippen molar-refractivity contribution in [2.45, 2.75) is 397 Å².